The van der Waals surface area contributed by atoms with Crippen LogP contribution >= 0.6 is 0 Å². The number of hydrogen-bond acceptors (Lipinski definition) is 1. The zero-order valence-corrected chi connectivity index (χ0v) is 11.2. The summed E-state index contributed by atoms with van der Waals surface area (Å²) < 4.78 is 0.815. The van der Waals surface area contributed by atoms with E-state index in [9.17, 15) is 4.91 Å². The number of H-pyrrole nitrogens is 1. The number of nitrogens with one attached hydrogen (secondary N) is 1. The molecule has 0 amide bonds. The summed E-state index contributed by atoms with van der Waals surface area (Å²) >= 11 is 0. The molecule has 0 saturated heterocycles. The summed E-state index contributed by atoms with van der Waals surface area (Å²) in [7, 11) is 1.67. The van der Waals surface area contributed by atoms with Crippen LogP contribution in [-0.2, 0) is 7.05 Å². The molecular weight excluding hydrogens is 190 g/mol. The van der Waals surface area contributed by atoms with Gasteiger partial charge in [-0.1, -0.05) is 45.3 Å². The van der Waals surface area contributed by atoms with E-state index in [-0.39, 0.29) is 0 Å². The van der Waals surface area contributed by atoms with Gasteiger partial charge in [0.25, 0.3) is 0 Å². The van der Waals surface area contributed by atoms with Crippen LogP contribution in [-0.4, -0.2) is 9.90 Å². The number of aromatic amines is 1. The van der Waals surface area contributed by atoms with E-state index < -0.39 is 0 Å². The van der Waals surface area contributed by atoms with Crippen LogP contribution in [0.2, 0.25) is 0 Å². The minimum Gasteiger partial charge on any atom is -0.172 e. The van der Waals surface area contributed by atoms with Crippen LogP contribution in [0.4, 0.5) is 0 Å². The molecule has 0 unspecified atom stereocenters. The van der Waals surface area contributed by atoms with Crippen molar-refractivity contribution >= 4 is 0 Å². The lowest BCUT2D eigenvalue weighted by atomic mass is 10.4. The van der Waals surface area contributed by atoms with Gasteiger partial charge in [0.2, 0.25) is 5.69 Å². The number of hydrogen-bond donors (Lipinski definition) is 1. The predicted molar refractivity (Wildman–Crippen MR) is 64.5 cm³/mol. The Hall–Kier alpha value is -1.06. The standard InChI is InChI=1S/C5H10N3O.2C3H8/c1-4-5(2)8(9)7(3)6-4;2*1-3-2/h6H,1-3H3;2*3H2,1-2H3/q+1;;. The summed E-state index contributed by atoms with van der Waals surface area (Å²) in [6, 6.07) is 0. The molecule has 0 saturated carbocycles. The van der Waals surface area contributed by atoms with Crippen molar-refractivity contribution in [2.24, 2.45) is 7.05 Å². The first kappa shape index (κ1) is 16.4. The Morgan fingerprint density at radius 3 is 1.53 bits per heavy atom. The SMILES string of the molecule is CCC.CCC.Cc1[nH]n(C)[n+](=O)c1C. The maximum absolute atomic E-state index is 10.8. The lowest BCUT2D eigenvalue weighted by Gasteiger charge is -1.71. The fraction of sp³-hybridized carbons (Fsp3) is 0.818. The topological polar surface area (TPSA) is 43.7 Å². The predicted octanol–water partition coefficient (Wildman–Crippen LogP) is 2.72. The zero-order valence-electron chi connectivity index (χ0n) is 11.2. The van der Waals surface area contributed by atoms with Gasteiger partial charge in [-0.25, -0.2) is 0 Å². The summed E-state index contributed by atoms with van der Waals surface area (Å²) in [5.41, 5.74) is 1.63. The van der Waals surface area contributed by atoms with Gasteiger partial charge in [0.1, 0.15) is 0 Å². The summed E-state index contributed by atoms with van der Waals surface area (Å²) in [5, 5.41) is 2.84. The summed E-state index contributed by atoms with van der Waals surface area (Å²) in [6.45, 7) is 12.1. The monoisotopic (exact) mass is 216 g/mol. The van der Waals surface area contributed by atoms with Crippen molar-refractivity contribution in [3.05, 3.63) is 16.3 Å². The van der Waals surface area contributed by atoms with Crippen LogP contribution < -0.4 is 4.54 Å². The van der Waals surface area contributed by atoms with Gasteiger partial charge in [0, 0.05) is 13.8 Å². The maximum Gasteiger partial charge on any atom is 0.218 e. The van der Waals surface area contributed by atoms with E-state index in [1.54, 1.807) is 14.0 Å². The molecule has 0 radical (unpaired) electrons. The van der Waals surface area contributed by atoms with Gasteiger partial charge < -0.3 is 0 Å². The van der Waals surface area contributed by atoms with Gasteiger partial charge in [-0.2, -0.15) is 5.10 Å². The van der Waals surface area contributed by atoms with Crippen molar-refractivity contribution in [1.29, 1.82) is 0 Å². The minimum absolute atomic E-state index is 0.720. The molecule has 0 atom stereocenters. The van der Waals surface area contributed by atoms with Crippen molar-refractivity contribution in [3.63, 3.8) is 0 Å². The van der Waals surface area contributed by atoms with E-state index in [1.807, 2.05) is 6.92 Å². The number of aromatic nitrogens is 3. The third-order valence-electron chi connectivity index (χ3n) is 1.43. The van der Waals surface area contributed by atoms with Gasteiger partial charge in [0.05, 0.1) is 11.6 Å². The average Bonchev–Trinajstić information content (AvgIpc) is 2.36. The first-order chi connectivity index (χ1) is 6.95. The number of nitrogens with zero attached hydrogens (tertiary/aromatic N) is 2. The Morgan fingerprint density at radius 2 is 1.47 bits per heavy atom. The highest BCUT2D eigenvalue weighted by atomic mass is 16.3. The van der Waals surface area contributed by atoms with Crippen LogP contribution in [0.3, 0.4) is 0 Å². The largest absolute Gasteiger partial charge is 0.218 e. The van der Waals surface area contributed by atoms with Gasteiger partial charge in [0.15, 0.2) is 5.69 Å². The second kappa shape index (κ2) is 9.49. The van der Waals surface area contributed by atoms with Crippen LogP contribution in [0.1, 0.15) is 51.9 Å². The Bertz CT molecular complexity index is 297. The molecule has 4 nitrogen and oxygen atoms in total. The molecular formula is C11H26N3O+. The molecule has 0 aliphatic heterocycles. The van der Waals surface area contributed by atoms with Crippen molar-refractivity contribution in [1.82, 2.24) is 9.90 Å². The smallest absolute Gasteiger partial charge is 0.172 e. The van der Waals surface area contributed by atoms with Crippen molar-refractivity contribution in [2.45, 2.75) is 54.4 Å². The van der Waals surface area contributed by atoms with Crippen LogP contribution in [0, 0.1) is 18.8 Å². The molecule has 0 aliphatic carbocycles. The van der Waals surface area contributed by atoms with Crippen LogP contribution in [0.25, 0.3) is 0 Å². The first-order valence-electron chi connectivity index (χ1n) is 5.61. The number of rotatable bonds is 0. The lowest BCUT2D eigenvalue weighted by Crippen LogP contribution is -2.27. The summed E-state index contributed by atoms with van der Waals surface area (Å²) in [6.07, 6.45) is 2.50. The van der Waals surface area contributed by atoms with Crippen molar-refractivity contribution < 1.29 is 4.54 Å². The fourth-order valence-electron chi connectivity index (χ4n) is 0.737. The zero-order chi connectivity index (χ0) is 12.4. The molecule has 1 heterocycles. The molecule has 1 N–H and O–H groups in total. The Labute approximate surface area is 92.9 Å². The molecule has 15 heavy (non-hydrogen) atoms. The maximum atomic E-state index is 10.8. The quantitative estimate of drug-likeness (QED) is 0.666. The first-order valence-corrected chi connectivity index (χ1v) is 5.61. The van der Waals surface area contributed by atoms with E-state index in [2.05, 4.69) is 32.8 Å². The van der Waals surface area contributed by atoms with Crippen molar-refractivity contribution in [2.75, 3.05) is 0 Å². The number of aryl methyl sites for hydroxylation is 2. The summed E-state index contributed by atoms with van der Waals surface area (Å²) in [5.74, 6) is 0. The average molecular weight is 216 g/mol. The molecule has 0 fully saturated rings. The second-order valence-corrected chi connectivity index (χ2v) is 3.53. The van der Waals surface area contributed by atoms with Crippen LogP contribution in [0.5, 0.6) is 0 Å². The van der Waals surface area contributed by atoms with E-state index in [4.69, 9.17) is 0 Å². The Kier molecular flexibility index (Phi) is 10.4. The normalized spacial score (nSPS) is 8.47. The third-order valence-corrected chi connectivity index (χ3v) is 1.43. The molecule has 0 aliphatic rings. The molecule has 1 rings (SSSR count). The van der Waals surface area contributed by atoms with Crippen LogP contribution in [0.15, 0.2) is 0 Å². The van der Waals surface area contributed by atoms with E-state index in [0.29, 0.717) is 0 Å². The Morgan fingerprint density at radius 1 is 1.13 bits per heavy atom. The molecule has 0 spiro atoms. The Balaban J connectivity index is 0. The van der Waals surface area contributed by atoms with Gasteiger partial charge in [-0.3, -0.25) is 0 Å². The van der Waals surface area contributed by atoms with E-state index >= 15 is 0 Å². The third kappa shape index (κ3) is 6.94. The highest BCUT2D eigenvalue weighted by Crippen LogP contribution is 1.90. The minimum atomic E-state index is 0.720. The van der Waals surface area contributed by atoms with Gasteiger partial charge >= 0.3 is 0 Å². The molecule has 1 aromatic heterocycles. The molecule has 4 heteroatoms. The highest BCUT2D eigenvalue weighted by Gasteiger charge is 2.08. The molecule has 1 aromatic rings. The summed E-state index contributed by atoms with van der Waals surface area (Å²) in [4.78, 5) is 12.2. The fourth-order valence-corrected chi connectivity index (χ4v) is 0.737. The highest BCUT2D eigenvalue weighted by molar-refractivity contribution is 4.96. The molecule has 90 valence electrons. The van der Waals surface area contributed by atoms with E-state index in [1.165, 1.54) is 17.6 Å². The molecule has 0 aromatic carbocycles. The van der Waals surface area contributed by atoms with Gasteiger partial charge in [-0.15, -0.1) is 0 Å². The van der Waals surface area contributed by atoms with Crippen molar-refractivity contribution in [3.8, 4) is 0 Å². The second-order valence-electron chi connectivity index (χ2n) is 3.53. The van der Waals surface area contributed by atoms with E-state index in [0.717, 1.165) is 15.9 Å². The van der Waals surface area contributed by atoms with Gasteiger partial charge in [-0.05, 0) is 4.91 Å². The lowest BCUT2D eigenvalue weighted by molar-refractivity contribution is -0.602. The molecule has 0 bridgehead atoms.